The number of anilines is 5. The lowest BCUT2D eigenvalue weighted by Crippen LogP contribution is -2.57. The second-order valence-electron chi connectivity index (χ2n) is 26.1. The fourth-order valence-corrected chi connectivity index (χ4v) is 14.3. The number of aromatic carboxylic acids is 1. The molecule has 560 valence electrons. The van der Waals surface area contributed by atoms with E-state index in [0.29, 0.717) is 126 Å². The summed E-state index contributed by atoms with van der Waals surface area (Å²) in [4.78, 5) is 137. The molecule has 0 bridgehead atoms. The normalized spacial score (nSPS) is 19.9. The van der Waals surface area contributed by atoms with Gasteiger partial charge in [-0.2, -0.15) is 0 Å². The second kappa shape index (κ2) is 35.0. The predicted molar refractivity (Wildman–Crippen MR) is 384 cm³/mol. The van der Waals surface area contributed by atoms with Crippen LogP contribution in [0.5, 0.6) is 11.5 Å². The fraction of sp³-hybridized carbons (Fsp3) is 0.479. The third kappa shape index (κ3) is 18.1. The van der Waals surface area contributed by atoms with E-state index in [0.717, 1.165) is 56.1 Å². The van der Waals surface area contributed by atoms with Gasteiger partial charge in [-0.05, 0) is 145 Å². The number of nitrogens with zero attached hydrogens (tertiary/aromatic N) is 9. The van der Waals surface area contributed by atoms with Crippen molar-refractivity contribution in [2.45, 2.75) is 154 Å². The summed E-state index contributed by atoms with van der Waals surface area (Å²) in [7, 11) is 4.46. The number of amides is 7. The SMILES string of the molecule is C=CCOC(=O)N1c2cc(OCCCC(=O)Nc3cn(C)c(C(=O)Nc4nc5cc(C(=O)OC)ccc5s4)n3)c(C)cc2C(=O)N2CCCC[C@H]2C1OC1CCCCO1.C=CCOC(=O)N1c2cc(OCCCC(=O)Nc3cn(C)c(C(=O)O)n3)c(C)cc2C(=O)N2CCCC[C@H]2C1OC1CCCCO1. The molecule has 7 amide bonds. The van der Waals surface area contributed by atoms with Gasteiger partial charge in [0.1, 0.15) is 24.7 Å². The van der Waals surface area contributed by atoms with Gasteiger partial charge in [0.15, 0.2) is 41.8 Å². The number of ether oxygens (including phenoxy) is 9. The maximum absolute atomic E-state index is 14.2. The molecule has 3 aromatic carbocycles. The number of carboxylic acids is 1. The molecular formula is C73H88N12O19S. The Morgan fingerprint density at radius 2 is 1.11 bits per heavy atom. The highest BCUT2D eigenvalue weighted by molar-refractivity contribution is 7.22. The van der Waals surface area contributed by atoms with Gasteiger partial charge >= 0.3 is 24.1 Å². The fourth-order valence-electron chi connectivity index (χ4n) is 13.5. The van der Waals surface area contributed by atoms with Gasteiger partial charge in [-0.25, -0.2) is 43.9 Å². The molecule has 4 saturated heterocycles. The van der Waals surface area contributed by atoms with Crippen LogP contribution in [-0.4, -0.2) is 190 Å². The zero-order chi connectivity index (χ0) is 74.4. The van der Waals surface area contributed by atoms with Crippen LogP contribution in [0.1, 0.15) is 166 Å². The number of carboxylic acid groups (broad SMARTS) is 1. The van der Waals surface area contributed by atoms with E-state index in [4.69, 9.17) is 47.7 Å². The van der Waals surface area contributed by atoms with E-state index in [1.165, 1.54) is 69.0 Å². The number of benzene rings is 3. The van der Waals surface area contributed by atoms with Gasteiger partial charge in [0.05, 0.1) is 70.7 Å². The largest absolute Gasteiger partial charge is 0.493 e. The van der Waals surface area contributed by atoms with E-state index in [2.05, 4.69) is 44.1 Å². The van der Waals surface area contributed by atoms with Crippen LogP contribution in [0.2, 0.25) is 0 Å². The minimum atomic E-state index is -1.20. The number of rotatable bonds is 24. The molecule has 3 aromatic heterocycles. The zero-order valence-electron chi connectivity index (χ0n) is 59.4. The Hall–Kier alpha value is -10.3. The molecule has 4 fully saturated rings. The summed E-state index contributed by atoms with van der Waals surface area (Å²) in [6.45, 7) is 13.4. The Morgan fingerprint density at radius 1 is 0.629 bits per heavy atom. The van der Waals surface area contributed by atoms with Gasteiger partial charge in [0.25, 0.3) is 17.7 Å². The summed E-state index contributed by atoms with van der Waals surface area (Å²) in [5.74, 6) is -2.22. The monoisotopic (exact) mass is 1470 g/mol. The summed E-state index contributed by atoms with van der Waals surface area (Å²) in [6.07, 6.45) is 12.4. The topological polar surface area (TPSA) is 355 Å². The van der Waals surface area contributed by atoms with Crippen molar-refractivity contribution in [2.75, 3.05) is 85.6 Å². The van der Waals surface area contributed by atoms with Gasteiger partial charge < -0.3 is 77.3 Å². The molecule has 0 radical (unpaired) electrons. The third-order valence-corrected chi connectivity index (χ3v) is 19.5. The Bertz CT molecular complexity index is 4240. The van der Waals surface area contributed by atoms with Gasteiger partial charge in [-0.1, -0.05) is 36.6 Å². The Morgan fingerprint density at radius 3 is 1.57 bits per heavy atom. The van der Waals surface area contributed by atoms with Gasteiger partial charge in [0.2, 0.25) is 23.5 Å². The van der Waals surface area contributed by atoms with Gasteiger partial charge in [-0.3, -0.25) is 29.3 Å². The number of aromatic nitrogens is 5. The molecule has 31 nitrogen and oxygen atoms in total. The number of piperidine rings is 2. The molecule has 6 aromatic rings. The van der Waals surface area contributed by atoms with Crippen molar-refractivity contribution in [1.82, 2.24) is 33.9 Å². The standard InChI is InChI=1S/C41H47N7O10S.C32H41N5O9/c1-5-17-57-41(53)48-29-22-30(24(2)20-26(29)37(51)47-16-8-6-11-28(47)38(48)58-34-13-7-9-18-56-34)55-19-10-12-33(49)43-32-23-46(3)35(44-32)36(50)45-40-42-27-21-25(39(52)54-4)14-15-31(27)59-40;1-4-14-45-32(42)37-23-18-24(43-16-9-11-26(38)33-25-19-35(3)28(34-25)31(40)41)20(2)17-21(23)29(39)36-13-7-5-10-22(36)30(37)46-27-12-6-8-15-44-27/h5,14-15,20-23,28,34,38H,1,6-13,16-19H2,2-4H3,(H,43,49)(H,42,45,50);4,17-19,22,27,30H,1,5-16H2,2-3H3,(H,33,38)(H,40,41)/t28-,34?,38?;22-,27?,30?/m00/s1. The minimum Gasteiger partial charge on any atom is -0.493 e. The quantitative estimate of drug-likeness (QED) is 0.0189. The number of imidazole rings is 2. The number of methoxy groups -OCH3 is 1. The highest BCUT2D eigenvalue weighted by Gasteiger charge is 2.49. The summed E-state index contributed by atoms with van der Waals surface area (Å²) >= 11 is 1.24. The predicted octanol–water partition coefficient (Wildman–Crippen LogP) is 10.4. The maximum Gasteiger partial charge on any atom is 0.416 e. The molecular weight excluding hydrogens is 1380 g/mol. The molecule has 0 spiro atoms. The number of carbonyl (C=O) groups is 9. The smallest absolute Gasteiger partial charge is 0.416 e. The summed E-state index contributed by atoms with van der Waals surface area (Å²) in [5.41, 5.74) is 3.55. The molecule has 9 heterocycles. The molecule has 105 heavy (non-hydrogen) atoms. The highest BCUT2D eigenvalue weighted by atomic mass is 32.1. The average Bonchev–Trinajstić information content (AvgIpc) is 1.60. The molecule has 4 N–H and O–H groups in total. The zero-order valence-corrected chi connectivity index (χ0v) is 60.2. The number of carbonyl (C=O) groups excluding carboxylic acids is 8. The van der Waals surface area contributed by atoms with Crippen LogP contribution in [-0.2, 0) is 56.8 Å². The van der Waals surface area contributed by atoms with Crippen LogP contribution in [0.25, 0.3) is 10.2 Å². The van der Waals surface area contributed by atoms with Crippen molar-refractivity contribution in [3.63, 3.8) is 0 Å². The maximum atomic E-state index is 14.2. The number of nitrogens with one attached hydrogen (secondary N) is 3. The lowest BCUT2D eigenvalue weighted by Gasteiger charge is -2.42. The molecule has 4 unspecified atom stereocenters. The average molecular weight is 1470 g/mol. The summed E-state index contributed by atoms with van der Waals surface area (Å²) < 4.78 is 56.7. The van der Waals surface area contributed by atoms with E-state index in [1.54, 1.807) is 59.3 Å². The first kappa shape index (κ1) is 75.9. The van der Waals surface area contributed by atoms with Crippen molar-refractivity contribution in [1.29, 1.82) is 0 Å². The number of aryl methyl sites for hydroxylation is 4. The van der Waals surface area contributed by atoms with Crippen LogP contribution >= 0.6 is 11.3 Å². The molecule has 32 heteroatoms. The van der Waals surface area contributed by atoms with Crippen LogP contribution in [0.3, 0.4) is 0 Å². The number of hydrogen-bond donors (Lipinski definition) is 4. The van der Waals surface area contributed by atoms with Crippen molar-refractivity contribution in [3.8, 4) is 11.5 Å². The molecule has 12 rings (SSSR count). The van der Waals surface area contributed by atoms with Gasteiger partial charge in [-0.15, -0.1) is 0 Å². The van der Waals surface area contributed by atoms with Crippen molar-refractivity contribution in [2.24, 2.45) is 14.1 Å². The lowest BCUT2D eigenvalue weighted by atomic mass is 10.00. The molecule has 6 atom stereocenters. The molecule has 0 saturated carbocycles. The molecule has 0 aliphatic carbocycles. The summed E-state index contributed by atoms with van der Waals surface area (Å²) in [6, 6.07) is 10.9. The van der Waals surface area contributed by atoms with E-state index < -0.39 is 67.2 Å². The first-order chi connectivity index (χ1) is 50.7. The number of esters is 1. The van der Waals surface area contributed by atoms with E-state index in [1.807, 2.05) is 13.8 Å². The molecule has 6 aliphatic rings. The van der Waals surface area contributed by atoms with E-state index in [-0.39, 0.29) is 86.2 Å². The van der Waals surface area contributed by atoms with E-state index in [9.17, 15) is 43.2 Å². The number of hydrogen-bond acceptors (Lipinski definition) is 22. The lowest BCUT2D eigenvalue weighted by molar-refractivity contribution is -0.199. The summed E-state index contributed by atoms with van der Waals surface area (Å²) in [5, 5.41) is 17.5. The Balaban J connectivity index is 0.000000217. The highest BCUT2D eigenvalue weighted by Crippen LogP contribution is 2.43. The van der Waals surface area contributed by atoms with Crippen molar-refractivity contribution < 1.29 is 90.9 Å². The van der Waals surface area contributed by atoms with Crippen molar-refractivity contribution in [3.05, 3.63) is 120 Å². The second-order valence-corrected chi connectivity index (χ2v) is 27.1. The van der Waals surface area contributed by atoms with E-state index >= 15 is 0 Å². The first-order valence-electron chi connectivity index (χ1n) is 35.3. The number of thiazole rings is 1. The Kier molecular flexibility index (Phi) is 25.3. The van der Waals surface area contributed by atoms with Crippen LogP contribution < -0.4 is 35.2 Å². The van der Waals surface area contributed by atoms with Crippen LogP contribution in [0.4, 0.5) is 37.7 Å². The molecule has 6 aliphatic heterocycles. The van der Waals surface area contributed by atoms with Gasteiger partial charge in [0, 0.05) is 77.8 Å². The van der Waals surface area contributed by atoms with Crippen LogP contribution in [0, 0.1) is 13.8 Å². The number of fused-ring (bicyclic) bond motifs is 5. The van der Waals surface area contributed by atoms with Crippen molar-refractivity contribution >= 4 is 103 Å². The first-order valence-corrected chi connectivity index (χ1v) is 36.1. The Labute approximate surface area is 610 Å². The third-order valence-electron chi connectivity index (χ3n) is 18.6. The minimum absolute atomic E-state index is 0.0208. The van der Waals surface area contributed by atoms with Crippen LogP contribution in [0.15, 0.2) is 80.2 Å².